The molecule has 1 unspecified atom stereocenters. The average Bonchev–Trinajstić information content (AvgIpc) is 2.81. The molecule has 1 aliphatic heterocycles. The van der Waals surface area contributed by atoms with Crippen LogP contribution < -0.4 is 0 Å². The molecule has 1 amide bonds. The summed E-state index contributed by atoms with van der Waals surface area (Å²) >= 11 is 0. The number of hydrogen-bond donors (Lipinski definition) is 1. The van der Waals surface area contributed by atoms with Crippen molar-refractivity contribution in [3.63, 3.8) is 0 Å². The highest BCUT2D eigenvalue weighted by molar-refractivity contribution is 5.69. The fourth-order valence-electron chi connectivity index (χ4n) is 3.00. The zero-order valence-corrected chi connectivity index (χ0v) is 13.7. The van der Waals surface area contributed by atoms with Gasteiger partial charge >= 0.3 is 6.09 Å². The summed E-state index contributed by atoms with van der Waals surface area (Å²) in [5.74, 6) is 1.81. The van der Waals surface area contributed by atoms with Crippen LogP contribution in [-0.4, -0.2) is 44.9 Å². The molecule has 22 heavy (non-hydrogen) atoms. The third-order valence-corrected chi connectivity index (χ3v) is 4.11. The van der Waals surface area contributed by atoms with Gasteiger partial charge in [0.15, 0.2) is 5.82 Å². The molecular formula is C15H23N3O4. The summed E-state index contributed by atoms with van der Waals surface area (Å²) in [6, 6.07) is 0. The van der Waals surface area contributed by atoms with Gasteiger partial charge in [0.2, 0.25) is 0 Å². The van der Waals surface area contributed by atoms with Crippen LogP contribution >= 0.6 is 0 Å². The van der Waals surface area contributed by atoms with Gasteiger partial charge in [0, 0.05) is 19.0 Å². The minimum atomic E-state index is -1.13. The Bertz CT molecular complexity index is 572. The monoisotopic (exact) mass is 309 g/mol. The molecule has 3 rings (SSSR count). The van der Waals surface area contributed by atoms with E-state index in [1.165, 1.54) is 0 Å². The van der Waals surface area contributed by atoms with E-state index in [1.807, 2.05) is 20.8 Å². The van der Waals surface area contributed by atoms with E-state index in [0.717, 1.165) is 0 Å². The maximum atomic E-state index is 12.0. The van der Waals surface area contributed by atoms with E-state index in [9.17, 15) is 9.90 Å². The molecule has 2 fully saturated rings. The normalized spacial score (nSPS) is 27.7. The summed E-state index contributed by atoms with van der Waals surface area (Å²) in [6.07, 6.45) is -0.260. The fourth-order valence-corrected chi connectivity index (χ4v) is 3.00. The molecule has 2 aliphatic rings. The van der Waals surface area contributed by atoms with Crippen LogP contribution in [0, 0.1) is 11.8 Å². The molecule has 2 heterocycles. The minimum absolute atomic E-state index is 0.221. The molecule has 0 radical (unpaired) electrons. The highest BCUT2D eigenvalue weighted by Crippen LogP contribution is 2.57. The highest BCUT2D eigenvalue weighted by Gasteiger charge is 2.60. The summed E-state index contributed by atoms with van der Waals surface area (Å²) in [7, 11) is 0. The number of rotatable bonds is 2. The summed E-state index contributed by atoms with van der Waals surface area (Å²) in [6.45, 7) is 10.1. The molecule has 0 spiro atoms. The van der Waals surface area contributed by atoms with Gasteiger partial charge in [0.1, 0.15) is 11.2 Å². The van der Waals surface area contributed by atoms with Crippen LogP contribution in [0.5, 0.6) is 0 Å². The molecule has 0 aromatic carbocycles. The number of nitrogens with zero attached hydrogens (tertiary/aromatic N) is 3. The number of hydrogen-bond acceptors (Lipinski definition) is 6. The number of aliphatic hydroxyl groups is 1. The smallest absolute Gasteiger partial charge is 0.410 e. The lowest BCUT2D eigenvalue weighted by Crippen LogP contribution is -2.36. The van der Waals surface area contributed by atoms with Crippen LogP contribution in [0.2, 0.25) is 0 Å². The van der Waals surface area contributed by atoms with Crippen LogP contribution in [0.25, 0.3) is 0 Å². The van der Waals surface area contributed by atoms with Gasteiger partial charge in [-0.2, -0.15) is 4.98 Å². The van der Waals surface area contributed by atoms with E-state index < -0.39 is 11.2 Å². The Morgan fingerprint density at radius 3 is 2.32 bits per heavy atom. The lowest BCUT2D eigenvalue weighted by Gasteiger charge is -2.25. The van der Waals surface area contributed by atoms with Crippen molar-refractivity contribution in [1.29, 1.82) is 0 Å². The predicted octanol–water partition coefficient (Wildman–Crippen LogP) is 1.88. The average molecular weight is 309 g/mol. The van der Waals surface area contributed by atoms with E-state index >= 15 is 0 Å². The summed E-state index contributed by atoms with van der Waals surface area (Å²) in [5.41, 5.74) is -1.60. The van der Waals surface area contributed by atoms with Crippen molar-refractivity contribution in [2.75, 3.05) is 13.1 Å². The number of likely N-dealkylation sites (tertiary alicyclic amines) is 1. The molecule has 1 saturated carbocycles. The van der Waals surface area contributed by atoms with Crippen LogP contribution in [0.15, 0.2) is 4.52 Å². The SMILES string of the molecule is CC(C)(C)OC(=O)N1C[C@@H]2C(c3noc(C(C)(C)O)n3)[C@@H]2C1. The minimum Gasteiger partial charge on any atom is -0.444 e. The van der Waals surface area contributed by atoms with Gasteiger partial charge in [0.05, 0.1) is 0 Å². The Morgan fingerprint density at radius 1 is 1.27 bits per heavy atom. The largest absolute Gasteiger partial charge is 0.444 e. The summed E-state index contributed by atoms with van der Waals surface area (Å²) < 4.78 is 10.5. The van der Waals surface area contributed by atoms with E-state index in [4.69, 9.17) is 9.26 Å². The Balaban J connectivity index is 1.59. The number of piperidine rings is 1. The molecule has 7 nitrogen and oxygen atoms in total. The highest BCUT2D eigenvalue weighted by atomic mass is 16.6. The van der Waals surface area contributed by atoms with Crippen LogP contribution in [-0.2, 0) is 10.3 Å². The van der Waals surface area contributed by atoms with Gasteiger partial charge in [0.25, 0.3) is 5.89 Å². The van der Waals surface area contributed by atoms with Crippen molar-refractivity contribution in [3.05, 3.63) is 11.7 Å². The van der Waals surface area contributed by atoms with Crippen molar-refractivity contribution in [2.45, 2.75) is 51.7 Å². The first-order valence-corrected chi connectivity index (χ1v) is 7.60. The maximum absolute atomic E-state index is 12.0. The second-order valence-electron chi connectivity index (χ2n) is 7.76. The first kappa shape index (κ1) is 15.3. The number of carbonyl (C=O) groups is 1. The molecule has 0 bridgehead atoms. The molecule has 1 saturated heterocycles. The first-order chi connectivity index (χ1) is 10.1. The second-order valence-corrected chi connectivity index (χ2v) is 7.76. The third-order valence-electron chi connectivity index (χ3n) is 4.11. The van der Waals surface area contributed by atoms with Crippen LogP contribution in [0.4, 0.5) is 4.79 Å². The molecular weight excluding hydrogens is 286 g/mol. The molecule has 122 valence electrons. The van der Waals surface area contributed by atoms with E-state index in [2.05, 4.69) is 10.1 Å². The number of fused-ring (bicyclic) bond motifs is 1. The van der Waals surface area contributed by atoms with Crippen molar-refractivity contribution in [3.8, 4) is 0 Å². The molecule has 1 N–H and O–H groups in total. The van der Waals surface area contributed by atoms with Crippen molar-refractivity contribution in [2.24, 2.45) is 11.8 Å². The van der Waals surface area contributed by atoms with Gasteiger partial charge in [-0.15, -0.1) is 0 Å². The van der Waals surface area contributed by atoms with Gasteiger partial charge in [-0.3, -0.25) is 0 Å². The number of ether oxygens (including phenoxy) is 1. The summed E-state index contributed by atoms with van der Waals surface area (Å²) in [5, 5.41) is 13.8. The molecule has 7 heteroatoms. The first-order valence-electron chi connectivity index (χ1n) is 7.60. The van der Waals surface area contributed by atoms with Gasteiger partial charge in [-0.25, -0.2) is 4.79 Å². The zero-order valence-electron chi connectivity index (χ0n) is 13.7. The second kappa shape index (κ2) is 4.68. The van der Waals surface area contributed by atoms with Crippen molar-refractivity contribution >= 4 is 6.09 Å². The molecule has 1 aliphatic carbocycles. The lowest BCUT2D eigenvalue weighted by atomic mass is 10.1. The standard InChI is InChI=1S/C15H23N3O4/c1-14(2,3)21-13(19)18-6-8-9(7-18)10(8)11-16-12(22-17-11)15(4,5)20/h8-10,20H,6-7H2,1-5H3/t8-,9+,10?. The predicted molar refractivity (Wildman–Crippen MR) is 77.1 cm³/mol. The zero-order chi connectivity index (χ0) is 16.3. The van der Waals surface area contributed by atoms with Crippen LogP contribution in [0.3, 0.4) is 0 Å². The number of aromatic nitrogens is 2. The Labute approximate surface area is 129 Å². The molecule has 1 aromatic heterocycles. The van der Waals surface area contributed by atoms with E-state index in [1.54, 1.807) is 18.7 Å². The molecule has 1 aromatic rings. The Hall–Kier alpha value is -1.63. The quantitative estimate of drug-likeness (QED) is 0.897. The topological polar surface area (TPSA) is 88.7 Å². The van der Waals surface area contributed by atoms with Crippen molar-refractivity contribution in [1.82, 2.24) is 15.0 Å². The van der Waals surface area contributed by atoms with Crippen molar-refractivity contribution < 1.29 is 19.2 Å². The Kier molecular flexibility index (Phi) is 3.25. The van der Waals surface area contributed by atoms with Gasteiger partial charge in [-0.05, 0) is 46.5 Å². The number of carbonyl (C=O) groups excluding carboxylic acids is 1. The maximum Gasteiger partial charge on any atom is 0.410 e. The third kappa shape index (κ3) is 2.82. The van der Waals surface area contributed by atoms with Crippen LogP contribution in [0.1, 0.15) is 52.3 Å². The van der Waals surface area contributed by atoms with Gasteiger partial charge in [-0.1, -0.05) is 5.16 Å². The number of amides is 1. The lowest BCUT2D eigenvalue weighted by molar-refractivity contribution is 0.0270. The van der Waals surface area contributed by atoms with Gasteiger partial charge < -0.3 is 19.3 Å². The Morgan fingerprint density at radius 2 is 1.86 bits per heavy atom. The molecule has 3 atom stereocenters. The summed E-state index contributed by atoms with van der Waals surface area (Å²) in [4.78, 5) is 18.1. The van der Waals surface area contributed by atoms with E-state index in [-0.39, 0.29) is 17.9 Å². The fraction of sp³-hybridized carbons (Fsp3) is 0.800. The van der Waals surface area contributed by atoms with E-state index in [0.29, 0.717) is 30.7 Å².